The highest BCUT2D eigenvalue weighted by Gasteiger charge is 2.47. The van der Waals surface area contributed by atoms with Gasteiger partial charge in [0.05, 0.1) is 25.5 Å². The third-order valence-electron chi connectivity index (χ3n) is 9.28. The van der Waals surface area contributed by atoms with E-state index in [2.05, 4.69) is 10.3 Å². The predicted molar refractivity (Wildman–Crippen MR) is 167 cm³/mol. The Bertz CT molecular complexity index is 1900. The van der Waals surface area contributed by atoms with Crippen molar-refractivity contribution in [2.24, 2.45) is 5.41 Å². The Morgan fingerprint density at radius 1 is 0.933 bits per heavy atom. The van der Waals surface area contributed by atoms with Crippen molar-refractivity contribution < 1.29 is 14.3 Å². The summed E-state index contributed by atoms with van der Waals surface area (Å²) in [7, 11) is 1.55. The first-order valence-corrected chi connectivity index (χ1v) is 15.7. The highest BCUT2D eigenvalue weighted by molar-refractivity contribution is 6.04. The summed E-state index contributed by atoms with van der Waals surface area (Å²) >= 11 is 0. The Hall–Kier alpha value is -4.67. The molecule has 3 aliphatic rings. The first kappa shape index (κ1) is 29.1. The number of nitrogens with zero attached hydrogens (tertiary/aromatic N) is 6. The lowest BCUT2D eigenvalue weighted by atomic mass is 9.74. The molecule has 2 aromatic carbocycles. The molecule has 0 saturated heterocycles. The van der Waals surface area contributed by atoms with Crippen LogP contribution < -0.4 is 20.9 Å². The first-order chi connectivity index (χ1) is 21.8. The monoisotopic (exact) mass is 610 g/mol. The second-order valence-electron chi connectivity index (χ2n) is 13.1. The van der Waals surface area contributed by atoms with Crippen molar-refractivity contribution in [2.45, 2.75) is 84.0 Å². The lowest BCUT2D eigenvalue weighted by Gasteiger charge is -2.30. The second kappa shape index (κ2) is 11.4. The summed E-state index contributed by atoms with van der Waals surface area (Å²) in [6.07, 6.45) is 7.30. The van der Waals surface area contributed by atoms with Crippen LogP contribution in [0.4, 0.5) is 0 Å². The fourth-order valence-corrected chi connectivity index (χ4v) is 7.27. The van der Waals surface area contributed by atoms with Crippen LogP contribution in [0.15, 0.2) is 69.9 Å². The van der Waals surface area contributed by atoms with Gasteiger partial charge in [0.15, 0.2) is 17.3 Å². The minimum absolute atomic E-state index is 0.0666. The van der Waals surface area contributed by atoms with Crippen LogP contribution >= 0.6 is 0 Å². The Morgan fingerprint density at radius 3 is 2.47 bits per heavy atom. The molecule has 234 valence electrons. The highest BCUT2D eigenvalue weighted by atomic mass is 16.5. The molecular weight excluding hydrogens is 572 g/mol. The van der Waals surface area contributed by atoms with Gasteiger partial charge < -0.3 is 9.47 Å². The number of fused-ring (bicyclic) bond motifs is 2. The molecule has 1 atom stereocenters. The van der Waals surface area contributed by atoms with Crippen molar-refractivity contribution in [3.05, 3.63) is 98.1 Å². The molecule has 3 heterocycles. The number of aromatic nitrogens is 6. The maximum absolute atomic E-state index is 14.2. The summed E-state index contributed by atoms with van der Waals surface area (Å²) in [4.78, 5) is 42.2. The van der Waals surface area contributed by atoms with Gasteiger partial charge in [-0.05, 0) is 36.3 Å². The van der Waals surface area contributed by atoms with Crippen molar-refractivity contribution in [1.82, 2.24) is 28.9 Å². The van der Waals surface area contributed by atoms with Crippen LogP contribution in [0.2, 0.25) is 0 Å². The van der Waals surface area contributed by atoms with Crippen molar-refractivity contribution in [2.75, 3.05) is 7.11 Å². The molecule has 0 radical (unpaired) electrons. The van der Waals surface area contributed by atoms with Crippen LogP contribution in [0, 0.1) is 5.41 Å². The number of para-hydroxylation sites is 1. The topological polar surface area (TPSA) is 115 Å². The SMILES string of the molecule is COc1cccc(C2C3=C(CC(C)(C)CC3=O)n3c(=O)n(C4CCCCC4)c(=O)n32)c1OCc1cn(Cc2ccccc2)nn1. The second-order valence-corrected chi connectivity index (χ2v) is 13.1. The summed E-state index contributed by atoms with van der Waals surface area (Å²) in [5.41, 5.74) is 2.27. The molecule has 2 aromatic heterocycles. The zero-order valence-corrected chi connectivity index (χ0v) is 25.9. The molecule has 0 amide bonds. The standard InChI is InChI=1S/C34H38N6O5/c1-34(2)17-26-29(27(41)18-34)30(40-33(43)38(32(42)39(26)40)24-13-8-5-9-14-24)25-15-10-16-28(44-3)31(25)45-21-23-20-37(36-35-23)19-22-11-6-4-7-12-22/h4,6-7,10-12,15-16,20,24,30H,5,8-9,13-14,17-19,21H2,1-3H3. The lowest BCUT2D eigenvalue weighted by Crippen LogP contribution is -2.37. The molecule has 0 spiro atoms. The van der Waals surface area contributed by atoms with Gasteiger partial charge in [0.2, 0.25) is 0 Å². The summed E-state index contributed by atoms with van der Waals surface area (Å²) in [5.74, 6) is 0.781. The molecular formula is C34H38N6O5. The van der Waals surface area contributed by atoms with Gasteiger partial charge in [-0.25, -0.2) is 28.2 Å². The minimum Gasteiger partial charge on any atom is -0.493 e. The molecule has 1 fully saturated rings. The van der Waals surface area contributed by atoms with E-state index in [0.717, 1.165) is 37.7 Å². The van der Waals surface area contributed by atoms with E-state index >= 15 is 0 Å². The largest absolute Gasteiger partial charge is 0.493 e. The number of carbonyl (C=O) groups is 1. The minimum atomic E-state index is -0.826. The maximum Gasteiger partial charge on any atom is 0.351 e. The maximum atomic E-state index is 14.2. The van der Waals surface area contributed by atoms with Gasteiger partial charge >= 0.3 is 11.4 Å². The molecule has 1 aliphatic heterocycles. The predicted octanol–water partition coefficient (Wildman–Crippen LogP) is 4.75. The Kier molecular flexibility index (Phi) is 7.33. The fourth-order valence-electron chi connectivity index (χ4n) is 7.27. The van der Waals surface area contributed by atoms with Gasteiger partial charge in [-0.2, -0.15) is 0 Å². The average Bonchev–Trinajstić information content (AvgIpc) is 3.69. The summed E-state index contributed by atoms with van der Waals surface area (Å²) < 4.78 is 18.3. The molecule has 0 bridgehead atoms. The first-order valence-electron chi connectivity index (χ1n) is 15.7. The van der Waals surface area contributed by atoms with Crippen molar-refractivity contribution in [3.63, 3.8) is 0 Å². The molecule has 11 nitrogen and oxygen atoms in total. The van der Waals surface area contributed by atoms with Crippen LogP contribution in [0.3, 0.4) is 0 Å². The van der Waals surface area contributed by atoms with E-state index in [1.165, 1.54) is 13.9 Å². The summed E-state index contributed by atoms with van der Waals surface area (Å²) in [6, 6.07) is 14.5. The van der Waals surface area contributed by atoms with Gasteiger partial charge in [-0.3, -0.25) is 4.79 Å². The number of allylic oxidation sites excluding steroid dienone is 2. The van der Waals surface area contributed by atoms with E-state index in [-0.39, 0.29) is 29.5 Å². The number of hydrogen-bond acceptors (Lipinski definition) is 7. The van der Waals surface area contributed by atoms with Crippen LogP contribution in [0.5, 0.6) is 11.5 Å². The Labute approximate surface area is 260 Å². The van der Waals surface area contributed by atoms with Gasteiger partial charge in [0.1, 0.15) is 18.3 Å². The zero-order valence-electron chi connectivity index (χ0n) is 25.9. The van der Waals surface area contributed by atoms with Crippen LogP contribution in [0.25, 0.3) is 5.70 Å². The van der Waals surface area contributed by atoms with Gasteiger partial charge in [-0.1, -0.05) is 80.8 Å². The molecule has 7 rings (SSSR count). The molecule has 45 heavy (non-hydrogen) atoms. The van der Waals surface area contributed by atoms with Gasteiger partial charge in [0.25, 0.3) is 0 Å². The van der Waals surface area contributed by atoms with Crippen LogP contribution in [-0.4, -0.2) is 41.8 Å². The van der Waals surface area contributed by atoms with Crippen LogP contribution in [0.1, 0.15) is 87.7 Å². The molecule has 2 aliphatic carbocycles. The van der Waals surface area contributed by atoms with E-state index in [9.17, 15) is 14.4 Å². The highest BCUT2D eigenvalue weighted by Crippen LogP contribution is 2.49. The number of carbonyl (C=O) groups excluding carboxylic acids is 1. The van der Waals surface area contributed by atoms with Crippen molar-refractivity contribution >= 4 is 11.5 Å². The normalized spacial score (nSPS) is 19.4. The van der Waals surface area contributed by atoms with Gasteiger partial charge in [0, 0.05) is 23.6 Å². The fraction of sp³-hybridized carbons (Fsp3) is 0.441. The smallest absolute Gasteiger partial charge is 0.351 e. The number of Topliss-reactive ketones (excluding diaryl/α,β-unsaturated/α-hetero) is 1. The molecule has 1 saturated carbocycles. The quantitative estimate of drug-likeness (QED) is 0.283. The number of ketones is 1. The Balaban J connectivity index is 1.30. The number of hydrogen-bond donors (Lipinski definition) is 0. The summed E-state index contributed by atoms with van der Waals surface area (Å²) in [5, 5.41) is 8.56. The van der Waals surface area contributed by atoms with E-state index in [1.807, 2.05) is 62.5 Å². The Morgan fingerprint density at radius 2 is 1.71 bits per heavy atom. The van der Waals surface area contributed by atoms with E-state index in [1.54, 1.807) is 17.9 Å². The average molecular weight is 611 g/mol. The zero-order chi connectivity index (χ0) is 31.3. The van der Waals surface area contributed by atoms with Gasteiger partial charge in [-0.15, -0.1) is 5.10 Å². The van der Waals surface area contributed by atoms with E-state index in [0.29, 0.717) is 53.4 Å². The van der Waals surface area contributed by atoms with Crippen LogP contribution in [-0.2, 0) is 17.9 Å². The lowest BCUT2D eigenvalue weighted by molar-refractivity contribution is -0.118. The number of rotatable bonds is 8. The number of ether oxygens (including phenoxy) is 2. The number of methoxy groups -OCH3 is 1. The number of benzene rings is 2. The third-order valence-corrected chi connectivity index (χ3v) is 9.28. The van der Waals surface area contributed by atoms with Crippen molar-refractivity contribution in [1.29, 1.82) is 0 Å². The van der Waals surface area contributed by atoms with Crippen molar-refractivity contribution in [3.8, 4) is 11.5 Å². The third kappa shape index (κ3) is 5.13. The van der Waals surface area contributed by atoms with E-state index in [4.69, 9.17) is 9.47 Å². The molecule has 11 heteroatoms. The molecule has 4 aromatic rings. The van der Waals surface area contributed by atoms with E-state index < -0.39 is 11.7 Å². The molecule has 1 unspecified atom stereocenters. The summed E-state index contributed by atoms with van der Waals surface area (Å²) in [6.45, 7) is 4.72. The molecule has 0 N–H and O–H groups in total.